The van der Waals surface area contributed by atoms with E-state index in [1.807, 2.05) is 0 Å². The van der Waals surface area contributed by atoms with Crippen LogP contribution in [-0.4, -0.2) is 4.57 Å². The Morgan fingerprint density at radius 3 is 1.55 bits per heavy atom. The van der Waals surface area contributed by atoms with Gasteiger partial charge in [-0.1, -0.05) is 176 Å². The van der Waals surface area contributed by atoms with Crippen LogP contribution in [0.5, 0.6) is 0 Å². The maximum atomic E-state index is 2.44. The fourth-order valence-corrected chi connectivity index (χ4v) is 8.97. The second-order valence-corrected chi connectivity index (χ2v) is 15.4. The Balaban J connectivity index is 1.08. The third-order valence-electron chi connectivity index (χ3n) is 11.7. The predicted octanol–water partition coefficient (Wildman–Crippen LogP) is 16.1. The van der Waals surface area contributed by atoms with Crippen LogP contribution >= 0.6 is 0 Å². The van der Waals surface area contributed by atoms with E-state index in [1.165, 1.54) is 71.5 Å². The van der Waals surface area contributed by atoms with Crippen LogP contribution in [0.3, 0.4) is 0 Å². The van der Waals surface area contributed by atoms with Gasteiger partial charge in [-0.2, -0.15) is 0 Å². The van der Waals surface area contributed by atoms with Crippen LogP contribution in [-0.2, 0) is 0 Å². The van der Waals surface area contributed by atoms with Crippen LogP contribution < -0.4 is 4.90 Å². The molecule has 0 spiro atoms. The zero-order chi connectivity index (χ0) is 39.8. The van der Waals surface area contributed by atoms with Crippen molar-refractivity contribution in [3.8, 4) is 50.2 Å². The lowest BCUT2D eigenvalue weighted by Gasteiger charge is -2.28. The van der Waals surface area contributed by atoms with Crippen LogP contribution in [0.2, 0.25) is 0 Å². The van der Waals surface area contributed by atoms with Crippen LogP contribution in [0.15, 0.2) is 243 Å². The summed E-state index contributed by atoms with van der Waals surface area (Å²) in [6.07, 6.45) is 0. The summed E-state index contributed by atoms with van der Waals surface area (Å²) in [5.74, 6) is 0. The summed E-state index contributed by atoms with van der Waals surface area (Å²) in [5.41, 5.74) is 16.3. The molecule has 0 aliphatic heterocycles. The van der Waals surface area contributed by atoms with Gasteiger partial charge in [-0.25, -0.2) is 0 Å². The summed E-state index contributed by atoms with van der Waals surface area (Å²) in [7, 11) is 0. The van der Waals surface area contributed by atoms with Gasteiger partial charge >= 0.3 is 0 Å². The van der Waals surface area contributed by atoms with Crippen molar-refractivity contribution in [2.24, 2.45) is 0 Å². The van der Waals surface area contributed by atoms with Crippen molar-refractivity contribution in [2.45, 2.75) is 0 Å². The van der Waals surface area contributed by atoms with Crippen molar-refractivity contribution in [3.05, 3.63) is 243 Å². The smallest absolute Gasteiger partial charge is 0.0547 e. The average molecular weight is 765 g/mol. The lowest BCUT2D eigenvalue weighted by Crippen LogP contribution is -2.11. The Morgan fingerprint density at radius 1 is 0.300 bits per heavy atom. The first kappa shape index (κ1) is 35.2. The van der Waals surface area contributed by atoms with Crippen LogP contribution in [0.4, 0.5) is 17.1 Å². The van der Waals surface area contributed by atoms with Gasteiger partial charge in [0.05, 0.1) is 16.7 Å². The fraction of sp³-hybridized carbons (Fsp3) is 0. The normalized spacial score (nSPS) is 11.3. The molecule has 0 bridgehead atoms. The number of nitrogens with zero attached hydrogens (tertiary/aromatic N) is 2. The van der Waals surface area contributed by atoms with E-state index in [4.69, 9.17) is 0 Å². The summed E-state index contributed by atoms with van der Waals surface area (Å²) in [5, 5.41) is 4.91. The number of rotatable bonds is 8. The SMILES string of the molecule is c1ccc(-c2cc(-c3ccccc3)cc(N(c3cccc(-c4cccc(-c5cccc6c5c5ccccc5n6-c5ccccc5)c4)c3)c3cccc4ccccc34)c2)cc1. The van der Waals surface area contributed by atoms with Crippen molar-refractivity contribution >= 4 is 49.6 Å². The monoisotopic (exact) mass is 764 g/mol. The maximum absolute atomic E-state index is 2.44. The first-order chi connectivity index (χ1) is 29.8. The van der Waals surface area contributed by atoms with E-state index in [2.05, 4.69) is 252 Å². The standard InChI is InChI=1S/C58H40N2/c1-4-18-41(19-5-1)47-37-48(42-20-6-2-7-21-42)40-51(39-47)59(55-34-16-23-43-22-10-11-30-52(43)55)50-29-15-25-45(38-50)44-24-14-26-46(36-44)53-32-17-35-57-58(53)54-31-12-13-33-56(54)60(57)49-27-8-3-9-28-49/h1-40H. The van der Waals surface area contributed by atoms with E-state index in [0.717, 1.165) is 28.3 Å². The minimum Gasteiger partial charge on any atom is -0.310 e. The number of hydrogen-bond acceptors (Lipinski definition) is 1. The summed E-state index contributed by atoms with van der Waals surface area (Å²) in [4.78, 5) is 2.44. The van der Waals surface area contributed by atoms with Crippen molar-refractivity contribution < 1.29 is 0 Å². The van der Waals surface area contributed by atoms with Gasteiger partial charge in [-0.15, -0.1) is 0 Å². The van der Waals surface area contributed by atoms with Gasteiger partial charge in [0.15, 0.2) is 0 Å². The van der Waals surface area contributed by atoms with E-state index in [0.29, 0.717) is 0 Å². The molecule has 0 unspecified atom stereocenters. The number of hydrogen-bond donors (Lipinski definition) is 0. The van der Waals surface area contributed by atoms with Crippen molar-refractivity contribution in [3.63, 3.8) is 0 Å². The summed E-state index contributed by atoms with van der Waals surface area (Å²) < 4.78 is 2.39. The average Bonchev–Trinajstić information content (AvgIpc) is 3.67. The summed E-state index contributed by atoms with van der Waals surface area (Å²) in [6, 6.07) is 88.0. The molecule has 0 amide bonds. The number of para-hydroxylation sites is 2. The first-order valence-electron chi connectivity index (χ1n) is 20.6. The molecule has 2 heteroatoms. The molecule has 0 fully saturated rings. The van der Waals surface area contributed by atoms with E-state index >= 15 is 0 Å². The molecule has 0 aliphatic rings. The van der Waals surface area contributed by atoms with E-state index in [-0.39, 0.29) is 0 Å². The third kappa shape index (κ3) is 6.32. The van der Waals surface area contributed by atoms with Gasteiger partial charge in [0.25, 0.3) is 0 Å². The largest absolute Gasteiger partial charge is 0.310 e. The second-order valence-electron chi connectivity index (χ2n) is 15.4. The van der Waals surface area contributed by atoms with Crippen molar-refractivity contribution in [1.29, 1.82) is 0 Å². The zero-order valence-electron chi connectivity index (χ0n) is 33.0. The molecule has 0 saturated heterocycles. The molecule has 282 valence electrons. The highest BCUT2D eigenvalue weighted by atomic mass is 15.1. The van der Waals surface area contributed by atoms with Gasteiger partial charge in [-0.3, -0.25) is 0 Å². The fourth-order valence-electron chi connectivity index (χ4n) is 8.97. The number of fused-ring (bicyclic) bond motifs is 4. The molecule has 2 nitrogen and oxygen atoms in total. The Labute approximate surface area is 350 Å². The Morgan fingerprint density at radius 2 is 0.800 bits per heavy atom. The van der Waals surface area contributed by atoms with Crippen molar-refractivity contribution in [1.82, 2.24) is 4.57 Å². The molecule has 11 rings (SSSR count). The molecule has 11 aromatic rings. The van der Waals surface area contributed by atoms with Gasteiger partial charge < -0.3 is 9.47 Å². The first-order valence-corrected chi connectivity index (χ1v) is 20.6. The Bertz CT molecular complexity index is 3250. The van der Waals surface area contributed by atoms with Gasteiger partial charge in [0.2, 0.25) is 0 Å². The highest BCUT2D eigenvalue weighted by molar-refractivity contribution is 6.16. The summed E-state index contributed by atoms with van der Waals surface area (Å²) in [6.45, 7) is 0. The molecule has 10 aromatic carbocycles. The predicted molar refractivity (Wildman–Crippen MR) is 255 cm³/mol. The van der Waals surface area contributed by atoms with E-state index < -0.39 is 0 Å². The summed E-state index contributed by atoms with van der Waals surface area (Å²) >= 11 is 0. The molecule has 0 aliphatic carbocycles. The van der Waals surface area contributed by atoms with Gasteiger partial charge in [-0.05, 0) is 117 Å². The molecular formula is C58H40N2. The molecule has 0 radical (unpaired) electrons. The number of benzene rings is 10. The third-order valence-corrected chi connectivity index (χ3v) is 11.7. The quantitative estimate of drug-likeness (QED) is 0.150. The molecule has 1 aromatic heterocycles. The molecule has 0 atom stereocenters. The lowest BCUT2D eigenvalue weighted by molar-refractivity contribution is 1.18. The lowest BCUT2D eigenvalue weighted by atomic mass is 9.95. The topological polar surface area (TPSA) is 8.17 Å². The van der Waals surface area contributed by atoms with E-state index in [1.54, 1.807) is 0 Å². The number of aromatic nitrogens is 1. The second kappa shape index (κ2) is 15.1. The molecule has 1 heterocycles. The van der Waals surface area contributed by atoms with Crippen LogP contribution in [0, 0.1) is 0 Å². The molecule has 60 heavy (non-hydrogen) atoms. The zero-order valence-corrected chi connectivity index (χ0v) is 33.0. The van der Waals surface area contributed by atoms with Crippen LogP contribution in [0.1, 0.15) is 0 Å². The van der Waals surface area contributed by atoms with Crippen molar-refractivity contribution in [2.75, 3.05) is 4.90 Å². The minimum absolute atomic E-state index is 1.09. The molecule has 0 saturated carbocycles. The Hall–Kier alpha value is -7.94. The molecule has 0 N–H and O–H groups in total. The highest BCUT2D eigenvalue weighted by Crippen LogP contribution is 2.44. The maximum Gasteiger partial charge on any atom is 0.0547 e. The van der Waals surface area contributed by atoms with E-state index in [9.17, 15) is 0 Å². The van der Waals surface area contributed by atoms with Gasteiger partial charge in [0, 0.05) is 33.2 Å². The number of anilines is 3. The highest BCUT2D eigenvalue weighted by Gasteiger charge is 2.20. The minimum atomic E-state index is 1.09. The van der Waals surface area contributed by atoms with Crippen LogP contribution in [0.25, 0.3) is 82.8 Å². The molecular weight excluding hydrogens is 725 g/mol. The Kier molecular flexibility index (Phi) is 8.87. The van der Waals surface area contributed by atoms with Gasteiger partial charge in [0.1, 0.15) is 0 Å².